The Morgan fingerprint density at radius 2 is 2.12 bits per heavy atom. The third-order valence-corrected chi connectivity index (χ3v) is 3.81. The van der Waals surface area contributed by atoms with Crippen molar-refractivity contribution in [2.75, 3.05) is 32.9 Å². The van der Waals surface area contributed by atoms with Gasteiger partial charge in [-0.05, 0) is 17.0 Å². The van der Waals surface area contributed by atoms with E-state index in [0.717, 1.165) is 18.9 Å². The molecule has 0 spiro atoms. The van der Waals surface area contributed by atoms with Crippen LogP contribution in [0.4, 0.5) is 0 Å². The molecule has 1 heterocycles. The minimum atomic E-state index is 0. The monoisotopic (exact) mass is 356 g/mol. The first-order valence-corrected chi connectivity index (χ1v) is 8.27. The Kier molecular flexibility index (Phi) is 8.53. The molecular formula is C18H29ClN2O3. The largest absolute Gasteiger partial charge is 0.491 e. The molecule has 1 fully saturated rings. The Bertz CT molecular complexity index is 511. The Balaban J connectivity index is 0.00000288. The van der Waals surface area contributed by atoms with Gasteiger partial charge in [0.05, 0.1) is 19.8 Å². The van der Waals surface area contributed by atoms with Crippen LogP contribution in [0.1, 0.15) is 32.8 Å². The fourth-order valence-electron chi connectivity index (χ4n) is 2.61. The highest BCUT2D eigenvalue weighted by Crippen LogP contribution is 2.30. The molecule has 1 saturated heterocycles. The SMILES string of the molecule is CC(C)(C)c1ccccc1OCCNC(=O)CC1COCCN1.Cl. The maximum atomic E-state index is 11.9. The van der Waals surface area contributed by atoms with Crippen molar-refractivity contribution in [3.05, 3.63) is 29.8 Å². The number of amides is 1. The summed E-state index contributed by atoms with van der Waals surface area (Å²) in [6.45, 7) is 9.59. The molecule has 5 nitrogen and oxygen atoms in total. The van der Waals surface area contributed by atoms with Gasteiger partial charge in [0.25, 0.3) is 0 Å². The van der Waals surface area contributed by atoms with Gasteiger partial charge in [-0.1, -0.05) is 39.0 Å². The van der Waals surface area contributed by atoms with Crippen molar-refractivity contribution in [3.8, 4) is 5.75 Å². The zero-order chi connectivity index (χ0) is 16.7. The molecule has 0 bridgehead atoms. The Labute approximate surface area is 150 Å². The number of carbonyl (C=O) groups is 1. The predicted molar refractivity (Wildman–Crippen MR) is 98.1 cm³/mol. The standard InChI is InChI=1S/C18H28N2O3.ClH/c1-18(2,3)15-6-4-5-7-16(15)23-11-9-20-17(21)12-14-13-22-10-8-19-14;/h4-7,14,19H,8-13H2,1-3H3,(H,20,21);1H. The van der Waals surface area contributed by atoms with E-state index >= 15 is 0 Å². The lowest BCUT2D eigenvalue weighted by Gasteiger charge is -2.23. The van der Waals surface area contributed by atoms with E-state index in [4.69, 9.17) is 9.47 Å². The summed E-state index contributed by atoms with van der Waals surface area (Å²) in [5.41, 5.74) is 1.21. The molecule has 1 amide bonds. The predicted octanol–water partition coefficient (Wildman–Crippen LogP) is 2.28. The molecule has 1 unspecified atom stereocenters. The molecule has 2 rings (SSSR count). The normalized spacial score (nSPS) is 17.7. The van der Waals surface area contributed by atoms with Gasteiger partial charge in [-0.2, -0.15) is 0 Å². The van der Waals surface area contributed by atoms with Gasteiger partial charge in [0.15, 0.2) is 0 Å². The first-order chi connectivity index (χ1) is 11.0. The van der Waals surface area contributed by atoms with Crippen molar-refractivity contribution in [3.63, 3.8) is 0 Å². The quantitative estimate of drug-likeness (QED) is 0.768. The lowest BCUT2D eigenvalue weighted by atomic mass is 9.86. The number of rotatable bonds is 6. The second kappa shape index (κ2) is 9.87. The van der Waals surface area contributed by atoms with E-state index in [9.17, 15) is 4.79 Å². The van der Waals surface area contributed by atoms with Crippen molar-refractivity contribution in [1.29, 1.82) is 0 Å². The van der Waals surface area contributed by atoms with Gasteiger partial charge in [-0.25, -0.2) is 0 Å². The van der Waals surface area contributed by atoms with Crippen LogP contribution in [0, 0.1) is 0 Å². The maximum absolute atomic E-state index is 11.9. The van der Waals surface area contributed by atoms with E-state index in [1.165, 1.54) is 5.56 Å². The highest BCUT2D eigenvalue weighted by Gasteiger charge is 2.19. The summed E-state index contributed by atoms with van der Waals surface area (Å²) in [6.07, 6.45) is 0.443. The van der Waals surface area contributed by atoms with E-state index in [-0.39, 0.29) is 29.8 Å². The number of nitrogens with one attached hydrogen (secondary N) is 2. The topological polar surface area (TPSA) is 59.6 Å². The molecule has 1 aliphatic rings. The number of halogens is 1. The number of benzene rings is 1. The summed E-state index contributed by atoms with van der Waals surface area (Å²) < 4.78 is 11.2. The van der Waals surface area contributed by atoms with Crippen LogP contribution in [0.5, 0.6) is 5.75 Å². The molecule has 1 aromatic rings. The molecule has 0 aromatic heterocycles. The molecule has 136 valence electrons. The summed E-state index contributed by atoms with van der Waals surface area (Å²) >= 11 is 0. The van der Waals surface area contributed by atoms with Crippen molar-refractivity contribution in [1.82, 2.24) is 10.6 Å². The average molecular weight is 357 g/mol. The zero-order valence-corrected chi connectivity index (χ0v) is 15.6. The first-order valence-electron chi connectivity index (χ1n) is 8.27. The van der Waals surface area contributed by atoms with Gasteiger partial charge < -0.3 is 20.1 Å². The number of carbonyl (C=O) groups excluding carboxylic acids is 1. The Morgan fingerprint density at radius 1 is 1.38 bits per heavy atom. The van der Waals surface area contributed by atoms with Crippen LogP contribution in [0.2, 0.25) is 0 Å². The third-order valence-electron chi connectivity index (χ3n) is 3.81. The zero-order valence-electron chi connectivity index (χ0n) is 14.8. The van der Waals surface area contributed by atoms with Crippen LogP contribution >= 0.6 is 12.4 Å². The van der Waals surface area contributed by atoms with E-state index < -0.39 is 0 Å². The number of morpholine rings is 1. The van der Waals surface area contributed by atoms with E-state index in [0.29, 0.717) is 26.2 Å². The minimum Gasteiger partial charge on any atom is -0.491 e. The van der Waals surface area contributed by atoms with Crippen LogP contribution in [-0.2, 0) is 14.9 Å². The molecule has 24 heavy (non-hydrogen) atoms. The Hall–Kier alpha value is -1.30. The molecule has 2 N–H and O–H groups in total. The van der Waals surface area contributed by atoms with E-state index in [1.807, 2.05) is 18.2 Å². The van der Waals surface area contributed by atoms with Crippen molar-refractivity contribution in [2.24, 2.45) is 0 Å². The van der Waals surface area contributed by atoms with Gasteiger partial charge in [-0.3, -0.25) is 4.79 Å². The first kappa shape index (κ1) is 20.7. The summed E-state index contributed by atoms with van der Waals surface area (Å²) in [5.74, 6) is 0.914. The summed E-state index contributed by atoms with van der Waals surface area (Å²) in [4.78, 5) is 11.9. The number of para-hydroxylation sites is 1. The van der Waals surface area contributed by atoms with Crippen LogP contribution in [0.3, 0.4) is 0 Å². The van der Waals surface area contributed by atoms with Gasteiger partial charge in [0.2, 0.25) is 5.91 Å². The van der Waals surface area contributed by atoms with Gasteiger partial charge in [0, 0.05) is 19.0 Å². The molecule has 0 aliphatic carbocycles. The van der Waals surface area contributed by atoms with Gasteiger partial charge in [-0.15, -0.1) is 12.4 Å². The second-order valence-electron chi connectivity index (χ2n) is 6.87. The van der Waals surface area contributed by atoms with E-state index in [1.54, 1.807) is 0 Å². The molecule has 1 aliphatic heterocycles. The van der Waals surface area contributed by atoms with E-state index in [2.05, 4.69) is 37.5 Å². The summed E-state index contributed by atoms with van der Waals surface area (Å²) in [7, 11) is 0. The Morgan fingerprint density at radius 3 is 2.79 bits per heavy atom. The van der Waals surface area contributed by atoms with Gasteiger partial charge in [0.1, 0.15) is 12.4 Å². The van der Waals surface area contributed by atoms with Crippen molar-refractivity contribution in [2.45, 2.75) is 38.6 Å². The smallest absolute Gasteiger partial charge is 0.221 e. The molecule has 0 saturated carbocycles. The number of ether oxygens (including phenoxy) is 2. The molecule has 6 heteroatoms. The summed E-state index contributed by atoms with van der Waals surface area (Å²) in [6, 6.07) is 8.17. The second-order valence-corrected chi connectivity index (χ2v) is 6.87. The highest BCUT2D eigenvalue weighted by atomic mass is 35.5. The van der Waals surface area contributed by atoms with Crippen molar-refractivity contribution < 1.29 is 14.3 Å². The van der Waals surface area contributed by atoms with Crippen LogP contribution in [0.15, 0.2) is 24.3 Å². The fraction of sp³-hybridized carbons (Fsp3) is 0.611. The van der Waals surface area contributed by atoms with Crippen LogP contribution < -0.4 is 15.4 Å². The lowest BCUT2D eigenvalue weighted by Crippen LogP contribution is -2.44. The minimum absolute atomic E-state index is 0. The molecule has 1 atom stereocenters. The van der Waals surface area contributed by atoms with Crippen LogP contribution in [0.25, 0.3) is 0 Å². The van der Waals surface area contributed by atoms with Gasteiger partial charge >= 0.3 is 0 Å². The third kappa shape index (κ3) is 6.67. The summed E-state index contributed by atoms with van der Waals surface area (Å²) in [5, 5.41) is 6.17. The average Bonchev–Trinajstić information content (AvgIpc) is 2.52. The number of hydrogen-bond acceptors (Lipinski definition) is 4. The molecular weight excluding hydrogens is 328 g/mol. The fourth-order valence-corrected chi connectivity index (χ4v) is 2.61. The van der Waals surface area contributed by atoms with Crippen molar-refractivity contribution >= 4 is 18.3 Å². The lowest BCUT2D eigenvalue weighted by molar-refractivity contribution is -0.122. The molecule has 0 radical (unpaired) electrons. The number of hydrogen-bond donors (Lipinski definition) is 2. The highest BCUT2D eigenvalue weighted by molar-refractivity contribution is 5.85. The van der Waals surface area contributed by atoms with Crippen LogP contribution in [-0.4, -0.2) is 44.9 Å². The molecule has 1 aromatic carbocycles. The maximum Gasteiger partial charge on any atom is 0.221 e.